The molecule has 4 nitrogen and oxygen atoms in total. The van der Waals surface area contributed by atoms with Crippen molar-refractivity contribution in [2.24, 2.45) is 11.3 Å². The highest BCUT2D eigenvalue weighted by molar-refractivity contribution is 5.84. The lowest BCUT2D eigenvalue weighted by Gasteiger charge is -2.28. The van der Waals surface area contributed by atoms with Crippen molar-refractivity contribution < 1.29 is 14.7 Å². The molecular formula is C13H21NO3. The molecule has 0 aliphatic heterocycles. The summed E-state index contributed by atoms with van der Waals surface area (Å²) in [4.78, 5) is 22.8. The third-order valence-corrected chi connectivity index (χ3v) is 4.40. The lowest BCUT2D eigenvalue weighted by Crippen LogP contribution is -2.44. The van der Waals surface area contributed by atoms with Crippen molar-refractivity contribution in [3.63, 3.8) is 0 Å². The van der Waals surface area contributed by atoms with E-state index >= 15 is 0 Å². The summed E-state index contributed by atoms with van der Waals surface area (Å²) < 4.78 is 0. The maximum Gasteiger partial charge on any atom is 0.326 e. The second-order valence-electron chi connectivity index (χ2n) is 5.58. The molecule has 1 spiro atoms. The van der Waals surface area contributed by atoms with Crippen molar-refractivity contribution in [3.05, 3.63) is 0 Å². The highest BCUT2D eigenvalue weighted by Crippen LogP contribution is 2.57. The molecule has 1 atom stereocenters. The van der Waals surface area contributed by atoms with Gasteiger partial charge in [0, 0.05) is 5.92 Å². The van der Waals surface area contributed by atoms with E-state index in [0.29, 0.717) is 11.8 Å². The van der Waals surface area contributed by atoms with Crippen molar-refractivity contribution in [1.29, 1.82) is 0 Å². The fraction of sp³-hybridized carbons (Fsp3) is 0.846. The number of hydrogen-bond donors (Lipinski definition) is 2. The van der Waals surface area contributed by atoms with E-state index in [1.54, 1.807) is 6.92 Å². The topological polar surface area (TPSA) is 66.4 Å². The average molecular weight is 239 g/mol. The summed E-state index contributed by atoms with van der Waals surface area (Å²) in [6.45, 7) is 1.78. The smallest absolute Gasteiger partial charge is 0.326 e. The van der Waals surface area contributed by atoms with Gasteiger partial charge in [-0.1, -0.05) is 6.92 Å². The first kappa shape index (κ1) is 12.4. The molecular weight excluding hydrogens is 218 g/mol. The van der Waals surface area contributed by atoms with Crippen LogP contribution in [0.5, 0.6) is 0 Å². The van der Waals surface area contributed by atoms with E-state index in [4.69, 9.17) is 5.11 Å². The minimum atomic E-state index is -0.935. The SMILES string of the molecule is CCC(NC(=O)C1CCC2(CC1)CC2)C(=O)O. The van der Waals surface area contributed by atoms with Gasteiger partial charge in [0.05, 0.1) is 0 Å². The molecule has 0 saturated heterocycles. The standard InChI is InChI=1S/C13H21NO3/c1-2-10(12(16)17)14-11(15)9-3-5-13(6-4-9)7-8-13/h9-10H,2-8H2,1H3,(H,14,15)(H,16,17). The van der Waals surface area contributed by atoms with Gasteiger partial charge in [-0.05, 0) is 50.4 Å². The molecule has 2 saturated carbocycles. The van der Waals surface area contributed by atoms with Crippen LogP contribution in [0, 0.1) is 11.3 Å². The molecule has 0 radical (unpaired) electrons. The van der Waals surface area contributed by atoms with Crippen molar-refractivity contribution in [3.8, 4) is 0 Å². The van der Waals surface area contributed by atoms with Gasteiger partial charge in [0.2, 0.25) is 5.91 Å². The van der Waals surface area contributed by atoms with Gasteiger partial charge in [-0.15, -0.1) is 0 Å². The number of hydrogen-bond acceptors (Lipinski definition) is 2. The second-order valence-corrected chi connectivity index (χ2v) is 5.58. The lowest BCUT2D eigenvalue weighted by atomic mass is 9.79. The lowest BCUT2D eigenvalue weighted by molar-refractivity contribution is -0.142. The Morgan fingerprint density at radius 2 is 1.88 bits per heavy atom. The predicted octanol–water partition coefficient (Wildman–Crippen LogP) is 1.94. The summed E-state index contributed by atoms with van der Waals surface area (Å²) in [5.74, 6) is -0.959. The van der Waals surface area contributed by atoms with Crippen LogP contribution in [-0.2, 0) is 9.59 Å². The van der Waals surface area contributed by atoms with Crippen LogP contribution in [0.3, 0.4) is 0 Å². The summed E-state index contributed by atoms with van der Waals surface area (Å²) in [6, 6.07) is -0.723. The number of rotatable bonds is 4. The van der Waals surface area contributed by atoms with Crippen LogP contribution in [0.15, 0.2) is 0 Å². The fourth-order valence-electron chi connectivity index (χ4n) is 2.80. The molecule has 17 heavy (non-hydrogen) atoms. The number of carbonyl (C=O) groups is 2. The Kier molecular flexibility index (Phi) is 3.40. The Morgan fingerprint density at radius 3 is 2.29 bits per heavy atom. The van der Waals surface area contributed by atoms with Gasteiger partial charge in [0.15, 0.2) is 0 Å². The van der Waals surface area contributed by atoms with Crippen LogP contribution in [0.4, 0.5) is 0 Å². The van der Waals surface area contributed by atoms with E-state index in [2.05, 4.69) is 5.32 Å². The molecule has 4 heteroatoms. The maximum absolute atomic E-state index is 11.9. The van der Waals surface area contributed by atoms with Gasteiger partial charge in [-0.3, -0.25) is 4.79 Å². The number of carbonyl (C=O) groups excluding carboxylic acids is 1. The van der Waals surface area contributed by atoms with E-state index in [1.165, 1.54) is 12.8 Å². The van der Waals surface area contributed by atoms with Gasteiger partial charge >= 0.3 is 5.97 Å². The van der Waals surface area contributed by atoms with Crippen molar-refractivity contribution in [2.45, 2.75) is 57.9 Å². The van der Waals surface area contributed by atoms with Crippen LogP contribution in [-0.4, -0.2) is 23.0 Å². The van der Waals surface area contributed by atoms with Gasteiger partial charge in [-0.25, -0.2) is 4.79 Å². The molecule has 2 aliphatic carbocycles. The summed E-state index contributed by atoms with van der Waals surface area (Å²) in [6.07, 6.45) is 7.26. The maximum atomic E-state index is 11.9. The molecule has 96 valence electrons. The van der Waals surface area contributed by atoms with Crippen molar-refractivity contribution in [1.82, 2.24) is 5.32 Å². The third-order valence-electron chi connectivity index (χ3n) is 4.40. The van der Waals surface area contributed by atoms with E-state index in [-0.39, 0.29) is 11.8 Å². The third kappa shape index (κ3) is 2.79. The van der Waals surface area contributed by atoms with Crippen LogP contribution >= 0.6 is 0 Å². The summed E-state index contributed by atoms with van der Waals surface area (Å²) in [7, 11) is 0. The highest BCUT2D eigenvalue weighted by Gasteiger charge is 2.45. The van der Waals surface area contributed by atoms with E-state index in [9.17, 15) is 9.59 Å². The Hall–Kier alpha value is -1.06. The normalized spacial score (nSPS) is 24.3. The Bertz CT molecular complexity index is 313. The van der Waals surface area contributed by atoms with Crippen LogP contribution in [0.25, 0.3) is 0 Å². The Balaban J connectivity index is 1.81. The first-order chi connectivity index (χ1) is 8.06. The van der Waals surface area contributed by atoms with Gasteiger partial charge < -0.3 is 10.4 Å². The molecule has 1 amide bonds. The minimum absolute atomic E-state index is 0.0367. The summed E-state index contributed by atoms with van der Waals surface area (Å²) in [5, 5.41) is 11.5. The molecule has 0 aromatic rings. The molecule has 2 aliphatic rings. The highest BCUT2D eigenvalue weighted by atomic mass is 16.4. The Morgan fingerprint density at radius 1 is 1.29 bits per heavy atom. The average Bonchev–Trinajstić information content (AvgIpc) is 3.06. The van der Waals surface area contributed by atoms with Gasteiger partial charge in [-0.2, -0.15) is 0 Å². The van der Waals surface area contributed by atoms with Gasteiger partial charge in [0.1, 0.15) is 6.04 Å². The number of amides is 1. The minimum Gasteiger partial charge on any atom is -0.480 e. The first-order valence-corrected chi connectivity index (χ1v) is 6.59. The number of aliphatic carboxylic acids is 1. The van der Waals surface area contributed by atoms with E-state index < -0.39 is 12.0 Å². The van der Waals surface area contributed by atoms with Crippen LogP contribution in [0.1, 0.15) is 51.9 Å². The predicted molar refractivity (Wildman–Crippen MR) is 63.5 cm³/mol. The van der Waals surface area contributed by atoms with E-state index in [1.807, 2.05) is 0 Å². The molecule has 2 N–H and O–H groups in total. The zero-order valence-corrected chi connectivity index (χ0v) is 10.4. The molecule has 1 unspecified atom stereocenters. The zero-order chi connectivity index (χ0) is 12.5. The number of carboxylic acids is 1. The van der Waals surface area contributed by atoms with Gasteiger partial charge in [0.25, 0.3) is 0 Å². The van der Waals surface area contributed by atoms with Crippen molar-refractivity contribution >= 4 is 11.9 Å². The second kappa shape index (κ2) is 4.67. The largest absolute Gasteiger partial charge is 0.480 e. The molecule has 0 aromatic heterocycles. The summed E-state index contributed by atoms with van der Waals surface area (Å²) in [5.41, 5.74) is 0.577. The van der Waals surface area contributed by atoms with Crippen molar-refractivity contribution in [2.75, 3.05) is 0 Å². The van der Waals surface area contributed by atoms with Crippen LogP contribution in [0.2, 0.25) is 0 Å². The molecule has 2 fully saturated rings. The fourth-order valence-corrected chi connectivity index (χ4v) is 2.80. The first-order valence-electron chi connectivity index (χ1n) is 6.59. The zero-order valence-electron chi connectivity index (χ0n) is 10.4. The quantitative estimate of drug-likeness (QED) is 0.787. The Labute approximate surface area is 102 Å². The van der Waals surface area contributed by atoms with E-state index in [0.717, 1.165) is 25.7 Å². The summed E-state index contributed by atoms with van der Waals surface area (Å²) >= 11 is 0. The molecule has 0 aromatic carbocycles. The monoisotopic (exact) mass is 239 g/mol. The molecule has 0 heterocycles. The number of nitrogens with one attached hydrogen (secondary N) is 1. The number of carboxylic acid groups (broad SMARTS) is 1. The molecule has 0 bridgehead atoms. The van der Waals surface area contributed by atoms with Crippen LogP contribution < -0.4 is 5.32 Å². The molecule has 2 rings (SSSR count).